The lowest BCUT2D eigenvalue weighted by atomic mass is 10.2. The Hall–Kier alpha value is -2.98. The predicted molar refractivity (Wildman–Crippen MR) is 106 cm³/mol. The van der Waals surface area contributed by atoms with Gasteiger partial charge >= 0.3 is 0 Å². The van der Waals surface area contributed by atoms with Crippen LogP contribution >= 0.6 is 27.3 Å². The number of hydrazone groups is 1. The first-order chi connectivity index (χ1) is 12.9. The Morgan fingerprint density at radius 2 is 2.15 bits per heavy atom. The summed E-state index contributed by atoms with van der Waals surface area (Å²) in [6.45, 7) is 0. The van der Waals surface area contributed by atoms with Crippen LogP contribution in [0.15, 0.2) is 46.0 Å². The minimum atomic E-state index is -0.481. The zero-order chi connectivity index (χ0) is 19.6. The average Bonchev–Trinajstić information content (AvgIpc) is 3.06. The summed E-state index contributed by atoms with van der Waals surface area (Å²) in [5.41, 5.74) is 2.97. The van der Waals surface area contributed by atoms with Crippen molar-refractivity contribution in [3.63, 3.8) is 0 Å². The van der Waals surface area contributed by atoms with E-state index >= 15 is 0 Å². The molecule has 8 nitrogen and oxygen atoms in total. The minimum Gasteiger partial charge on any atom is -0.504 e. The Kier molecular flexibility index (Phi) is 5.38. The largest absolute Gasteiger partial charge is 0.504 e. The number of carbonyl (C=O) groups is 1. The summed E-state index contributed by atoms with van der Waals surface area (Å²) in [7, 11) is 1.43. The molecule has 3 aromatic rings. The number of hydrogen-bond donors (Lipinski definition) is 2. The lowest BCUT2D eigenvalue weighted by molar-refractivity contribution is -0.384. The molecule has 2 aromatic carbocycles. The summed E-state index contributed by atoms with van der Waals surface area (Å²) in [5.74, 6) is -0.182. The number of carbonyl (C=O) groups excluding carboxylic acids is 1. The van der Waals surface area contributed by atoms with Gasteiger partial charge in [-0.15, -0.1) is 11.3 Å². The van der Waals surface area contributed by atoms with Crippen LogP contribution in [0.3, 0.4) is 0 Å². The molecule has 0 spiro atoms. The van der Waals surface area contributed by atoms with Gasteiger partial charge in [-0.05, 0) is 40.2 Å². The third kappa shape index (κ3) is 4.07. The van der Waals surface area contributed by atoms with Crippen LogP contribution in [0.4, 0.5) is 5.69 Å². The van der Waals surface area contributed by atoms with E-state index in [1.165, 1.54) is 42.9 Å². The molecule has 0 unspecified atom stereocenters. The SMILES string of the molecule is COc1cc(C=NNC(=O)c2cc3cc([N+](=O)[O-])ccc3s2)c(Br)cc1O. The highest BCUT2D eigenvalue weighted by molar-refractivity contribution is 9.10. The number of nitrogens with one attached hydrogen (secondary N) is 1. The number of non-ortho nitro benzene ring substituents is 1. The molecular weight excluding hydrogens is 438 g/mol. The highest BCUT2D eigenvalue weighted by Crippen LogP contribution is 2.31. The molecule has 0 aliphatic heterocycles. The van der Waals surface area contributed by atoms with Gasteiger partial charge in [-0.1, -0.05) is 0 Å². The second-order valence-corrected chi connectivity index (χ2v) is 7.27. The third-order valence-corrected chi connectivity index (χ3v) is 5.40. The highest BCUT2D eigenvalue weighted by Gasteiger charge is 2.13. The zero-order valence-electron chi connectivity index (χ0n) is 13.8. The molecule has 3 rings (SSSR count). The molecule has 138 valence electrons. The predicted octanol–water partition coefficient (Wildman–Crippen LogP) is 4.05. The number of thiophene rings is 1. The monoisotopic (exact) mass is 449 g/mol. The number of methoxy groups -OCH3 is 1. The maximum Gasteiger partial charge on any atom is 0.281 e. The molecule has 0 saturated carbocycles. The number of aromatic hydroxyl groups is 1. The molecule has 0 saturated heterocycles. The summed E-state index contributed by atoms with van der Waals surface area (Å²) in [6, 6.07) is 9.03. The number of hydrogen-bond acceptors (Lipinski definition) is 7. The van der Waals surface area contributed by atoms with E-state index < -0.39 is 10.8 Å². The molecule has 0 atom stereocenters. The fourth-order valence-corrected chi connectivity index (χ4v) is 3.66. The van der Waals surface area contributed by atoms with E-state index in [1.807, 2.05) is 0 Å². The lowest BCUT2D eigenvalue weighted by Crippen LogP contribution is -2.16. The third-order valence-electron chi connectivity index (χ3n) is 3.60. The number of benzene rings is 2. The summed E-state index contributed by atoms with van der Waals surface area (Å²) in [5, 5.41) is 25.1. The quantitative estimate of drug-likeness (QED) is 0.346. The molecule has 27 heavy (non-hydrogen) atoms. The van der Waals surface area contributed by atoms with Gasteiger partial charge in [0.1, 0.15) is 0 Å². The molecule has 0 aliphatic carbocycles. The molecule has 0 radical (unpaired) electrons. The fourth-order valence-electron chi connectivity index (χ4n) is 2.29. The van der Waals surface area contributed by atoms with Gasteiger partial charge in [0.2, 0.25) is 0 Å². The number of halogens is 1. The van der Waals surface area contributed by atoms with Crippen LogP contribution in [0, 0.1) is 10.1 Å². The van der Waals surface area contributed by atoms with Crippen molar-refractivity contribution in [1.82, 2.24) is 5.43 Å². The van der Waals surface area contributed by atoms with Gasteiger partial charge < -0.3 is 9.84 Å². The van der Waals surface area contributed by atoms with Crippen LogP contribution < -0.4 is 10.2 Å². The Bertz CT molecular complexity index is 1080. The van der Waals surface area contributed by atoms with E-state index in [4.69, 9.17) is 4.74 Å². The fraction of sp³-hybridized carbons (Fsp3) is 0.0588. The standard InChI is InChI=1S/C17H12BrN3O5S/c1-26-14-5-10(12(18)7-13(14)22)8-19-20-17(23)16-6-9-4-11(21(24)25)2-3-15(9)27-16/h2-8,22H,1H3,(H,20,23). The van der Waals surface area contributed by atoms with E-state index in [0.717, 1.165) is 4.70 Å². The number of rotatable bonds is 5. The molecular formula is C17H12BrN3O5S. The van der Waals surface area contributed by atoms with Gasteiger partial charge in [-0.3, -0.25) is 14.9 Å². The summed E-state index contributed by atoms with van der Waals surface area (Å²) in [4.78, 5) is 23.0. The summed E-state index contributed by atoms with van der Waals surface area (Å²) in [6.07, 6.45) is 1.40. The van der Waals surface area contributed by atoms with Crippen LogP contribution in [0.2, 0.25) is 0 Å². The van der Waals surface area contributed by atoms with Crippen molar-refractivity contribution < 1.29 is 19.6 Å². The summed E-state index contributed by atoms with van der Waals surface area (Å²) >= 11 is 4.50. The van der Waals surface area contributed by atoms with Gasteiger partial charge in [0.05, 0.1) is 23.1 Å². The number of nitro benzene ring substituents is 1. The zero-order valence-corrected chi connectivity index (χ0v) is 16.2. The number of ether oxygens (including phenoxy) is 1. The molecule has 0 aliphatic rings. The van der Waals surface area contributed by atoms with Crippen molar-refractivity contribution in [2.75, 3.05) is 7.11 Å². The van der Waals surface area contributed by atoms with Crippen molar-refractivity contribution in [2.24, 2.45) is 5.10 Å². The molecule has 2 N–H and O–H groups in total. The number of phenolic OH excluding ortho intramolecular Hbond substituents is 1. The molecule has 10 heteroatoms. The number of nitro groups is 1. The first kappa shape index (κ1) is 18.8. The van der Waals surface area contributed by atoms with Crippen molar-refractivity contribution in [1.29, 1.82) is 0 Å². The Balaban J connectivity index is 1.77. The Labute approximate surface area is 165 Å². The van der Waals surface area contributed by atoms with Gasteiger partial charge in [-0.25, -0.2) is 5.43 Å². The maximum absolute atomic E-state index is 12.3. The lowest BCUT2D eigenvalue weighted by Gasteiger charge is -2.06. The van der Waals surface area contributed by atoms with Crippen LogP contribution in [0.25, 0.3) is 10.1 Å². The van der Waals surface area contributed by atoms with Crippen LogP contribution in [0.1, 0.15) is 15.2 Å². The first-order valence-electron chi connectivity index (χ1n) is 7.47. The molecule has 0 fully saturated rings. The van der Waals surface area contributed by atoms with E-state index in [2.05, 4.69) is 26.5 Å². The number of fused-ring (bicyclic) bond motifs is 1. The Morgan fingerprint density at radius 1 is 1.37 bits per heavy atom. The Morgan fingerprint density at radius 3 is 2.85 bits per heavy atom. The molecule has 0 bridgehead atoms. The van der Waals surface area contributed by atoms with Crippen LogP contribution in [-0.4, -0.2) is 29.3 Å². The first-order valence-corrected chi connectivity index (χ1v) is 9.08. The molecule has 1 aromatic heterocycles. The molecule has 1 heterocycles. The van der Waals surface area contributed by atoms with Crippen LogP contribution in [-0.2, 0) is 0 Å². The van der Waals surface area contributed by atoms with E-state index in [-0.39, 0.29) is 17.2 Å². The number of nitrogens with zero attached hydrogens (tertiary/aromatic N) is 2. The topological polar surface area (TPSA) is 114 Å². The molecule has 1 amide bonds. The van der Waals surface area contributed by atoms with Gasteiger partial charge in [0.15, 0.2) is 11.5 Å². The van der Waals surface area contributed by atoms with Crippen molar-refractivity contribution in [3.05, 3.63) is 61.4 Å². The van der Waals surface area contributed by atoms with Crippen LogP contribution in [0.5, 0.6) is 11.5 Å². The second kappa shape index (κ2) is 7.72. The smallest absolute Gasteiger partial charge is 0.281 e. The van der Waals surface area contributed by atoms with E-state index in [1.54, 1.807) is 18.2 Å². The van der Waals surface area contributed by atoms with Gasteiger partial charge in [0, 0.05) is 32.3 Å². The normalized spacial score (nSPS) is 11.0. The van der Waals surface area contributed by atoms with Gasteiger partial charge in [0.25, 0.3) is 11.6 Å². The van der Waals surface area contributed by atoms with Crippen molar-refractivity contribution in [2.45, 2.75) is 0 Å². The van der Waals surface area contributed by atoms with E-state index in [9.17, 15) is 20.0 Å². The highest BCUT2D eigenvalue weighted by atomic mass is 79.9. The minimum absolute atomic E-state index is 0.0232. The summed E-state index contributed by atoms with van der Waals surface area (Å²) < 4.78 is 6.37. The number of amides is 1. The van der Waals surface area contributed by atoms with E-state index in [0.29, 0.717) is 20.3 Å². The maximum atomic E-state index is 12.3. The number of phenols is 1. The van der Waals surface area contributed by atoms with Crippen molar-refractivity contribution in [3.8, 4) is 11.5 Å². The van der Waals surface area contributed by atoms with Gasteiger partial charge in [-0.2, -0.15) is 5.10 Å². The van der Waals surface area contributed by atoms with Crippen molar-refractivity contribution >= 4 is 55.2 Å². The second-order valence-electron chi connectivity index (χ2n) is 5.33. The average molecular weight is 450 g/mol.